The molecule has 14 heavy (non-hydrogen) atoms. The molecular formula is C7H6BrN5O. The molecule has 2 rings (SSSR count). The molecule has 7 heteroatoms. The first-order chi connectivity index (χ1) is 6.68. The third-order valence-electron chi connectivity index (χ3n) is 1.60. The number of rotatable bonds is 1. The lowest BCUT2D eigenvalue weighted by Crippen LogP contribution is -2.12. The number of anilines is 1. The number of nitrogens with one attached hydrogen (secondary N) is 1. The highest BCUT2D eigenvalue weighted by atomic mass is 79.9. The Morgan fingerprint density at radius 2 is 2.36 bits per heavy atom. The number of H-pyrrole nitrogens is 1. The van der Waals surface area contributed by atoms with Crippen LogP contribution in [-0.2, 0) is 0 Å². The maximum Gasteiger partial charge on any atom is 0.267 e. The number of halogens is 1. The van der Waals surface area contributed by atoms with Gasteiger partial charge in [0.2, 0.25) is 0 Å². The molecule has 0 aliphatic rings. The topological polar surface area (TPSA) is 89.6 Å². The van der Waals surface area contributed by atoms with E-state index in [1.54, 1.807) is 12.3 Å². The van der Waals surface area contributed by atoms with E-state index in [9.17, 15) is 4.79 Å². The summed E-state index contributed by atoms with van der Waals surface area (Å²) in [6, 6.07) is 1.62. The van der Waals surface area contributed by atoms with Crippen molar-refractivity contribution in [1.82, 2.24) is 19.7 Å². The largest absolute Gasteiger partial charge is 0.382 e. The van der Waals surface area contributed by atoms with Gasteiger partial charge < -0.3 is 10.7 Å². The molecule has 2 heterocycles. The number of nitrogens with two attached hydrogens (primary N) is 1. The predicted molar refractivity (Wildman–Crippen MR) is 54.1 cm³/mol. The van der Waals surface area contributed by atoms with Crippen molar-refractivity contribution in [3.05, 3.63) is 33.4 Å². The molecule has 0 saturated carbocycles. The van der Waals surface area contributed by atoms with Gasteiger partial charge in [-0.15, -0.1) is 5.10 Å². The van der Waals surface area contributed by atoms with Gasteiger partial charge in [0.15, 0.2) is 5.82 Å². The quantitative estimate of drug-likeness (QED) is 0.767. The number of nitrogens with zero attached hydrogens (tertiary/aromatic N) is 3. The maximum absolute atomic E-state index is 11.2. The summed E-state index contributed by atoms with van der Waals surface area (Å²) in [4.78, 5) is 17.6. The summed E-state index contributed by atoms with van der Waals surface area (Å²) < 4.78 is 1.75. The zero-order valence-electron chi connectivity index (χ0n) is 6.94. The first kappa shape index (κ1) is 8.95. The highest BCUT2D eigenvalue weighted by molar-refractivity contribution is 9.10. The van der Waals surface area contributed by atoms with Crippen molar-refractivity contribution in [3.8, 4) is 5.82 Å². The number of hydrogen-bond donors (Lipinski definition) is 2. The Morgan fingerprint density at radius 1 is 1.57 bits per heavy atom. The van der Waals surface area contributed by atoms with Gasteiger partial charge in [-0.2, -0.15) is 0 Å². The minimum absolute atomic E-state index is 0.260. The fraction of sp³-hybridized carbons (Fsp3) is 0. The molecule has 0 amide bonds. The van der Waals surface area contributed by atoms with Crippen LogP contribution in [-0.4, -0.2) is 19.7 Å². The molecule has 0 aromatic carbocycles. The molecule has 0 spiro atoms. The van der Waals surface area contributed by atoms with Crippen LogP contribution < -0.4 is 11.3 Å². The Bertz CT molecular complexity index is 517. The van der Waals surface area contributed by atoms with Gasteiger partial charge in [0.1, 0.15) is 10.3 Å². The van der Waals surface area contributed by atoms with E-state index in [0.717, 1.165) is 0 Å². The first-order valence-corrected chi connectivity index (χ1v) is 4.52. The average Bonchev–Trinajstić information content (AvgIpc) is 2.57. The second-order valence-corrected chi connectivity index (χ2v) is 3.35. The molecule has 0 fully saturated rings. The van der Waals surface area contributed by atoms with E-state index in [0.29, 0.717) is 16.1 Å². The molecule has 0 aliphatic carbocycles. The van der Waals surface area contributed by atoms with Gasteiger partial charge in [0.25, 0.3) is 5.56 Å². The first-order valence-electron chi connectivity index (χ1n) is 3.73. The van der Waals surface area contributed by atoms with E-state index in [1.807, 2.05) is 0 Å². The Balaban J connectivity index is 2.63. The number of aromatic nitrogens is 4. The Labute approximate surface area is 86.9 Å². The smallest absolute Gasteiger partial charge is 0.267 e. The molecule has 2 aromatic rings. The van der Waals surface area contributed by atoms with Gasteiger partial charge in [0.05, 0.1) is 6.33 Å². The lowest BCUT2D eigenvalue weighted by molar-refractivity contribution is 0.832. The van der Waals surface area contributed by atoms with Crippen LogP contribution in [0.25, 0.3) is 5.82 Å². The van der Waals surface area contributed by atoms with Crippen LogP contribution in [0, 0.1) is 0 Å². The summed E-state index contributed by atoms with van der Waals surface area (Å²) in [5, 5.41) is 3.93. The number of hydrogen-bond acceptors (Lipinski definition) is 4. The van der Waals surface area contributed by atoms with Gasteiger partial charge in [-0.3, -0.25) is 4.79 Å². The fourth-order valence-corrected chi connectivity index (χ4v) is 1.39. The van der Waals surface area contributed by atoms with Crippen molar-refractivity contribution < 1.29 is 0 Å². The van der Waals surface area contributed by atoms with Gasteiger partial charge in [0, 0.05) is 12.3 Å². The fourth-order valence-electron chi connectivity index (χ4n) is 0.989. The Hall–Kier alpha value is -1.63. The zero-order chi connectivity index (χ0) is 10.1. The molecule has 0 radical (unpaired) electrons. The molecule has 0 saturated heterocycles. The molecule has 2 aromatic heterocycles. The summed E-state index contributed by atoms with van der Waals surface area (Å²) in [5.74, 6) is 0.782. The van der Waals surface area contributed by atoms with E-state index in [-0.39, 0.29) is 5.56 Å². The third-order valence-corrected chi connectivity index (χ3v) is 2.32. The van der Waals surface area contributed by atoms with Gasteiger partial charge in [-0.25, -0.2) is 9.67 Å². The Morgan fingerprint density at radius 3 is 3.00 bits per heavy atom. The maximum atomic E-state index is 11.2. The molecule has 72 valence electrons. The highest BCUT2D eigenvalue weighted by Crippen LogP contribution is 2.12. The number of aromatic amines is 1. The van der Waals surface area contributed by atoms with Crippen molar-refractivity contribution in [2.75, 3.05) is 5.73 Å². The lowest BCUT2D eigenvalue weighted by Gasteiger charge is -2.00. The molecule has 0 atom stereocenters. The van der Waals surface area contributed by atoms with Crippen LogP contribution in [0.1, 0.15) is 0 Å². The van der Waals surface area contributed by atoms with Crippen molar-refractivity contribution >= 4 is 21.7 Å². The molecule has 0 unspecified atom stereocenters. The van der Waals surface area contributed by atoms with Gasteiger partial charge in [-0.05, 0) is 15.9 Å². The van der Waals surface area contributed by atoms with E-state index in [2.05, 4.69) is 31.0 Å². The van der Waals surface area contributed by atoms with Gasteiger partial charge in [-0.1, -0.05) is 0 Å². The molecule has 0 aliphatic heterocycles. The van der Waals surface area contributed by atoms with Crippen molar-refractivity contribution in [2.24, 2.45) is 0 Å². The molecule has 0 bridgehead atoms. The second-order valence-electron chi connectivity index (χ2n) is 2.55. The van der Waals surface area contributed by atoms with Crippen molar-refractivity contribution in [2.45, 2.75) is 0 Å². The van der Waals surface area contributed by atoms with Gasteiger partial charge >= 0.3 is 0 Å². The van der Waals surface area contributed by atoms with Crippen LogP contribution in [0.4, 0.5) is 5.82 Å². The van der Waals surface area contributed by atoms with Crippen LogP contribution in [0.3, 0.4) is 0 Å². The summed E-state index contributed by atoms with van der Waals surface area (Å²) in [6.45, 7) is 0. The van der Waals surface area contributed by atoms with Crippen LogP contribution in [0.2, 0.25) is 0 Å². The van der Waals surface area contributed by atoms with Crippen molar-refractivity contribution in [3.63, 3.8) is 0 Å². The Kier molecular flexibility index (Phi) is 2.08. The van der Waals surface area contributed by atoms with Crippen LogP contribution in [0.5, 0.6) is 0 Å². The summed E-state index contributed by atoms with van der Waals surface area (Å²) in [5.41, 5.74) is 5.18. The van der Waals surface area contributed by atoms with E-state index in [1.165, 1.54) is 11.0 Å². The van der Waals surface area contributed by atoms with Crippen molar-refractivity contribution in [1.29, 1.82) is 0 Å². The monoisotopic (exact) mass is 255 g/mol. The lowest BCUT2D eigenvalue weighted by atomic mass is 10.6. The standard InChI is InChI=1S/C7H6BrN5O/c8-5-6(10-3-11-7(5)14)13-2-1-4(9)12-13/h1-3H,(H2,9,12)(H,10,11,14). The van der Waals surface area contributed by atoms with Crippen LogP contribution in [0.15, 0.2) is 27.9 Å². The predicted octanol–water partition coefficient (Wildman–Crippen LogP) is 0.300. The minimum atomic E-state index is -0.260. The van der Waals surface area contributed by atoms with E-state index >= 15 is 0 Å². The summed E-state index contributed by atoms with van der Waals surface area (Å²) in [7, 11) is 0. The van der Waals surface area contributed by atoms with E-state index < -0.39 is 0 Å². The normalized spacial score (nSPS) is 10.4. The molecule has 3 N–H and O–H groups in total. The average molecular weight is 256 g/mol. The second kappa shape index (κ2) is 3.26. The SMILES string of the molecule is Nc1ccn(-c2nc[nH]c(=O)c2Br)n1. The highest BCUT2D eigenvalue weighted by Gasteiger charge is 2.07. The summed E-state index contributed by atoms with van der Waals surface area (Å²) >= 11 is 3.12. The van der Waals surface area contributed by atoms with Crippen LogP contribution >= 0.6 is 15.9 Å². The third kappa shape index (κ3) is 1.41. The van der Waals surface area contributed by atoms with E-state index in [4.69, 9.17) is 5.73 Å². The number of nitrogen functional groups attached to an aromatic ring is 1. The zero-order valence-corrected chi connectivity index (χ0v) is 8.52. The molecule has 6 nitrogen and oxygen atoms in total. The molecular weight excluding hydrogens is 250 g/mol. The minimum Gasteiger partial charge on any atom is -0.382 e. The summed E-state index contributed by atoms with van der Waals surface area (Å²) in [6.07, 6.45) is 2.93.